The Morgan fingerprint density at radius 2 is 1.81 bits per heavy atom. The van der Waals surface area contributed by atoms with Gasteiger partial charge in [-0.1, -0.05) is 32.0 Å². The molecule has 31 heavy (non-hydrogen) atoms. The molecule has 0 radical (unpaired) electrons. The largest absolute Gasteiger partial charge is 0.484 e. The molecule has 0 aliphatic heterocycles. The van der Waals surface area contributed by atoms with Gasteiger partial charge in [0.25, 0.3) is 5.91 Å². The molecule has 0 atom stereocenters. The lowest BCUT2D eigenvalue weighted by molar-refractivity contribution is -0.137. The van der Waals surface area contributed by atoms with Crippen molar-refractivity contribution in [3.63, 3.8) is 0 Å². The highest BCUT2D eigenvalue weighted by molar-refractivity contribution is 5.95. The number of carbonyl (C=O) groups is 2. The number of likely N-dealkylation sites (N-methyl/N-ethyl adjacent to an activating group) is 1. The molecule has 0 saturated heterocycles. The second kappa shape index (κ2) is 10.3. The van der Waals surface area contributed by atoms with E-state index in [0.717, 1.165) is 11.6 Å². The van der Waals surface area contributed by atoms with Crippen molar-refractivity contribution in [3.8, 4) is 5.75 Å². The molecular formula is C23H27F3N2O3. The highest BCUT2D eigenvalue weighted by Crippen LogP contribution is 2.34. The van der Waals surface area contributed by atoms with Gasteiger partial charge in [-0.25, -0.2) is 0 Å². The lowest BCUT2D eigenvalue weighted by atomic mass is 9.98. The van der Waals surface area contributed by atoms with Gasteiger partial charge in [-0.2, -0.15) is 13.2 Å². The first-order chi connectivity index (χ1) is 14.5. The van der Waals surface area contributed by atoms with Gasteiger partial charge in [-0.15, -0.1) is 0 Å². The lowest BCUT2D eigenvalue weighted by Gasteiger charge is -2.21. The Kier molecular flexibility index (Phi) is 8.08. The van der Waals surface area contributed by atoms with E-state index in [1.807, 2.05) is 19.1 Å². The second-order valence-electron chi connectivity index (χ2n) is 7.46. The van der Waals surface area contributed by atoms with Crippen LogP contribution in [0.4, 0.5) is 18.9 Å². The average molecular weight is 436 g/mol. The number of anilines is 1. The summed E-state index contributed by atoms with van der Waals surface area (Å²) in [6.45, 7) is 7.37. The van der Waals surface area contributed by atoms with E-state index in [9.17, 15) is 22.8 Å². The predicted molar refractivity (Wildman–Crippen MR) is 113 cm³/mol. The molecule has 0 heterocycles. The molecule has 8 heteroatoms. The van der Waals surface area contributed by atoms with Gasteiger partial charge in [0, 0.05) is 6.54 Å². The van der Waals surface area contributed by atoms with Gasteiger partial charge < -0.3 is 15.0 Å². The van der Waals surface area contributed by atoms with E-state index in [0.29, 0.717) is 11.7 Å². The van der Waals surface area contributed by atoms with E-state index in [1.54, 1.807) is 13.0 Å². The third-order valence-electron chi connectivity index (χ3n) is 4.80. The standard InChI is InChI=1S/C23H27F3N2O3/c1-5-28(13-21(29)27-20-9-7-6-8-19(20)23(24,25)26)22(30)14-31-17-10-11-18(15(2)3)16(4)12-17/h6-12,15H,5,13-14H2,1-4H3,(H,27,29). The van der Waals surface area contributed by atoms with Gasteiger partial charge in [0.05, 0.1) is 17.8 Å². The van der Waals surface area contributed by atoms with E-state index in [1.165, 1.54) is 28.7 Å². The first-order valence-electron chi connectivity index (χ1n) is 10.00. The third-order valence-corrected chi connectivity index (χ3v) is 4.80. The van der Waals surface area contributed by atoms with Crippen LogP contribution in [0.2, 0.25) is 0 Å². The zero-order valence-electron chi connectivity index (χ0n) is 18.0. The Labute approximate surface area is 180 Å². The van der Waals surface area contributed by atoms with E-state index in [-0.39, 0.29) is 25.4 Å². The number of hydrogen-bond acceptors (Lipinski definition) is 3. The van der Waals surface area contributed by atoms with E-state index in [2.05, 4.69) is 19.2 Å². The number of amides is 2. The summed E-state index contributed by atoms with van der Waals surface area (Å²) in [5, 5.41) is 2.24. The lowest BCUT2D eigenvalue weighted by Crippen LogP contribution is -2.40. The second-order valence-corrected chi connectivity index (χ2v) is 7.46. The summed E-state index contributed by atoms with van der Waals surface area (Å²) in [6.07, 6.45) is -4.60. The van der Waals surface area contributed by atoms with Crippen molar-refractivity contribution in [1.82, 2.24) is 4.90 Å². The maximum atomic E-state index is 13.1. The molecule has 0 unspecified atom stereocenters. The number of para-hydroxylation sites is 1. The summed E-state index contributed by atoms with van der Waals surface area (Å²) in [5.41, 5.74) is 0.946. The van der Waals surface area contributed by atoms with Gasteiger partial charge in [0.15, 0.2) is 6.61 Å². The van der Waals surface area contributed by atoms with Crippen molar-refractivity contribution in [3.05, 3.63) is 59.2 Å². The molecule has 2 amide bonds. The SMILES string of the molecule is CCN(CC(=O)Nc1ccccc1C(F)(F)F)C(=O)COc1ccc(C(C)C)c(C)c1. The molecule has 0 spiro atoms. The van der Waals surface area contributed by atoms with Gasteiger partial charge >= 0.3 is 6.18 Å². The van der Waals surface area contributed by atoms with Crippen LogP contribution in [0.3, 0.4) is 0 Å². The molecule has 2 rings (SSSR count). The van der Waals surface area contributed by atoms with Gasteiger partial charge in [-0.05, 0) is 55.2 Å². The molecule has 0 bridgehead atoms. The van der Waals surface area contributed by atoms with Crippen molar-refractivity contribution in [2.75, 3.05) is 25.0 Å². The highest BCUT2D eigenvalue weighted by Gasteiger charge is 2.33. The van der Waals surface area contributed by atoms with E-state index < -0.39 is 23.6 Å². The summed E-state index contributed by atoms with van der Waals surface area (Å²) >= 11 is 0. The monoisotopic (exact) mass is 436 g/mol. The number of rotatable bonds is 8. The van der Waals surface area contributed by atoms with Crippen LogP contribution in [0, 0.1) is 6.92 Å². The number of alkyl halides is 3. The fourth-order valence-electron chi connectivity index (χ4n) is 3.20. The van der Waals surface area contributed by atoms with Gasteiger partial charge in [-0.3, -0.25) is 9.59 Å². The topological polar surface area (TPSA) is 58.6 Å². The highest BCUT2D eigenvalue weighted by atomic mass is 19.4. The van der Waals surface area contributed by atoms with E-state index >= 15 is 0 Å². The average Bonchev–Trinajstić information content (AvgIpc) is 2.69. The molecule has 0 aliphatic carbocycles. The molecule has 168 valence electrons. The number of ether oxygens (including phenoxy) is 1. The number of carbonyl (C=O) groups excluding carboxylic acids is 2. The van der Waals surface area contributed by atoms with Crippen LogP contribution >= 0.6 is 0 Å². The smallest absolute Gasteiger partial charge is 0.418 e. The van der Waals surface area contributed by atoms with E-state index in [4.69, 9.17) is 4.74 Å². The molecular weight excluding hydrogens is 409 g/mol. The van der Waals surface area contributed by atoms with Crippen molar-refractivity contribution < 1.29 is 27.5 Å². The fraction of sp³-hybridized carbons (Fsp3) is 0.391. The van der Waals surface area contributed by atoms with Crippen LogP contribution in [-0.4, -0.2) is 36.4 Å². The third kappa shape index (κ3) is 6.73. The minimum atomic E-state index is -4.60. The zero-order chi connectivity index (χ0) is 23.2. The predicted octanol–water partition coefficient (Wildman–Crippen LogP) is 5.00. The van der Waals surface area contributed by atoms with Crippen LogP contribution in [0.25, 0.3) is 0 Å². The van der Waals surface area contributed by atoms with Gasteiger partial charge in [0.2, 0.25) is 5.91 Å². The Balaban J connectivity index is 1.97. The Morgan fingerprint density at radius 1 is 1.13 bits per heavy atom. The molecule has 2 aromatic carbocycles. The maximum Gasteiger partial charge on any atom is 0.418 e. The molecule has 0 fully saturated rings. The number of aryl methyl sites for hydroxylation is 1. The molecule has 2 aromatic rings. The number of benzene rings is 2. The Hall–Kier alpha value is -3.03. The molecule has 5 nitrogen and oxygen atoms in total. The summed E-state index contributed by atoms with van der Waals surface area (Å²) in [7, 11) is 0. The number of nitrogens with zero attached hydrogens (tertiary/aromatic N) is 1. The van der Waals surface area contributed by atoms with Crippen molar-refractivity contribution in [2.24, 2.45) is 0 Å². The normalized spacial score (nSPS) is 11.4. The quantitative estimate of drug-likeness (QED) is 0.633. The number of halogens is 3. The van der Waals surface area contributed by atoms with Crippen LogP contribution in [0.5, 0.6) is 5.75 Å². The summed E-state index contributed by atoms with van der Waals surface area (Å²) < 4.78 is 44.8. The zero-order valence-corrected chi connectivity index (χ0v) is 18.0. The summed E-state index contributed by atoms with van der Waals surface area (Å²) in [4.78, 5) is 26.0. The Bertz CT molecular complexity index is 927. The summed E-state index contributed by atoms with van der Waals surface area (Å²) in [6, 6.07) is 10.3. The number of nitrogens with one attached hydrogen (secondary N) is 1. The van der Waals surface area contributed by atoms with Crippen LogP contribution < -0.4 is 10.1 Å². The minimum Gasteiger partial charge on any atom is -0.484 e. The fourth-order valence-corrected chi connectivity index (χ4v) is 3.20. The number of hydrogen-bond donors (Lipinski definition) is 1. The first kappa shape index (κ1) is 24.2. The van der Waals surface area contributed by atoms with Crippen molar-refractivity contribution >= 4 is 17.5 Å². The first-order valence-corrected chi connectivity index (χ1v) is 10.00. The molecule has 0 saturated carbocycles. The minimum absolute atomic E-state index is 0.210. The molecule has 0 aliphatic rings. The van der Waals surface area contributed by atoms with Crippen LogP contribution in [0.15, 0.2) is 42.5 Å². The Morgan fingerprint density at radius 3 is 2.39 bits per heavy atom. The molecule has 1 N–H and O–H groups in total. The maximum absolute atomic E-state index is 13.1. The van der Waals surface area contributed by atoms with Crippen LogP contribution in [-0.2, 0) is 15.8 Å². The summed E-state index contributed by atoms with van der Waals surface area (Å²) in [5.74, 6) is -0.251. The van der Waals surface area contributed by atoms with Crippen LogP contribution in [0.1, 0.15) is 43.4 Å². The van der Waals surface area contributed by atoms with Crippen molar-refractivity contribution in [2.45, 2.75) is 39.8 Å². The molecule has 0 aromatic heterocycles. The van der Waals surface area contributed by atoms with Crippen molar-refractivity contribution in [1.29, 1.82) is 0 Å². The van der Waals surface area contributed by atoms with Gasteiger partial charge in [0.1, 0.15) is 5.75 Å².